The van der Waals surface area contributed by atoms with Gasteiger partial charge >= 0.3 is 5.97 Å². The summed E-state index contributed by atoms with van der Waals surface area (Å²) in [5.41, 5.74) is 0. The molecule has 1 atom stereocenters. The molecule has 0 radical (unpaired) electrons. The molecule has 1 aliphatic heterocycles. The second-order valence-electron chi connectivity index (χ2n) is 3.01. The Kier molecular flexibility index (Phi) is 2.33. The van der Waals surface area contributed by atoms with Crippen LogP contribution in [0.15, 0.2) is 12.1 Å². The molecule has 3 nitrogen and oxygen atoms in total. The molecule has 1 aromatic heterocycles. The van der Waals surface area contributed by atoms with E-state index in [-0.39, 0.29) is 6.10 Å². The van der Waals surface area contributed by atoms with Crippen LogP contribution in [0.5, 0.6) is 0 Å². The summed E-state index contributed by atoms with van der Waals surface area (Å²) in [6.45, 7) is 0.797. The average molecular weight is 198 g/mol. The van der Waals surface area contributed by atoms with Gasteiger partial charge < -0.3 is 9.84 Å². The number of thiophene rings is 1. The molecule has 70 valence electrons. The number of aromatic carboxylic acids is 1. The Hall–Kier alpha value is -0.870. The maximum absolute atomic E-state index is 10.6. The normalized spacial score (nSPS) is 22.0. The predicted octanol–water partition coefficient (Wildman–Crippen LogP) is 2.30. The van der Waals surface area contributed by atoms with E-state index in [0.717, 1.165) is 24.3 Å². The highest BCUT2D eigenvalue weighted by Gasteiger charge is 2.20. The number of carboxylic acid groups (broad SMARTS) is 1. The van der Waals surface area contributed by atoms with Crippen molar-refractivity contribution >= 4 is 17.3 Å². The van der Waals surface area contributed by atoms with Crippen molar-refractivity contribution in [2.45, 2.75) is 18.9 Å². The third-order valence-corrected chi connectivity index (χ3v) is 3.25. The third-order valence-electron chi connectivity index (χ3n) is 2.08. The molecule has 0 unspecified atom stereocenters. The van der Waals surface area contributed by atoms with Crippen LogP contribution in [0.3, 0.4) is 0 Å². The molecule has 13 heavy (non-hydrogen) atoms. The summed E-state index contributed by atoms with van der Waals surface area (Å²) in [5, 5.41) is 8.71. The zero-order valence-corrected chi connectivity index (χ0v) is 7.84. The minimum absolute atomic E-state index is 0.137. The summed E-state index contributed by atoms with van der Waals surface area (Å²) >= 11 is 1.31. The van der Waals surface area contributed by atoms with Gasteiger partial charge in [-0.1, -0.05) is 0 Å². The van der Waals surface area contributed by atoms with E-state index in [4.69, 9.17) is 9.84 Å². The molecule has 0 aromatic carbocycles. The average Bonchev–Trinajstić information content (AvgIpc) is 2.75. The number of ether oxygens (including phenoxy) is 1. The minimum atomic E-state index is -0.853. The number of carbonyl (C=O) groups is 1. The molecule has 0 bridgehead atoms. The molecule has 1 aromatic rings. The summed E-state index contributed by atoms with van der Waals surface area (Å²) in [5.74, 6) is -0.853. The quantitative estimate of drug-likeness (QED) is 0.793. The second-order valence-corrected chi connectivity index (χ2v) is 4.12. The Bertz CT molecular complexity index is 312. The molecule has 1 saturated heterocycles. The third kappa shape index (κ3) is 1.73. The lowest BCUT2D eigenvalue weighted by molar-refractivity contribution is 0.0702. The van der Waals surface area contributed by atoms with Gasteiger partial charge in [-0.25, -0.2) is 4.79 Å². The van der Waals surface area contributed by atoms with Gasteiger partial charge in [0.2, 0.25) is 0 Å². The first kappa shape index (κ1) is 8.72. The maximum atomic E-state index is 10.6. The van der Waals surface area contributed by atoms with Crippen LogP contribution in [0, 0.1) is 0 Å². The SMILES string of the molecule is O=C(O)c1ccc([C@@H]2CCCO2)s1. The van der Waals surface area contributed by atoms with E-state index in [0.29, 0.717) is 4.88 Å². The minimum Gasteiger partial charge on any atom is -0.477 e. The summed E-state index contributed by atoms with van der Waals surface area (Å²) in [6, 6.07) is 3.49. The van der Waals surface area contributed by atoms with E-state index in [2.05, 4.69) is 0 Å². The first-order chi connectivity index (χ1) is 6.27. The first-order valence-corrected chi connectivity index (χ1v) is 5.03. The summed E-state index contributed by atoms with van der Waals surface area (Å²) < 4.78 is 5.45. The van der Waals surface area contributed by atoms with Crippen LogP contribution in [0.2, 0.25) is 0 Å². The highest BCUT2D eigenvalue weighted by molar-refractivity contribution is 7.14. The lowest BCUT2D eigenvalue weighted by Crippen LogP contribution is -1.92. The number of rotatable bonds is 2. The van der Waals surface area contributed by atoms with Gasteiger partial charge in [-0.05, 0) is 25.0 Å². The Morgan fingerprint density at radius 3 is 3.00 bits per heavy atom. The lowest BCUT2D eigenvalue weighted by Gasteiger charge is -2.04. The van der Waals surface area contributed by atoms with Gasteiger partial charge in [-0.3, -0.25) is 0 Å². The van der Waals surface area contributed by atoms with Gasteiger partial charge in [0.1, 0.15) is 4.88 Å². The van der Waals surface area contributed by atoms with Gasteiger partial charge in [0.25, 0.3) is 0 Å². The monoisotopic (exact) mass is 198 g/mol. The topological polar surface area (TPSA) is 46.5 Å². The van der Waals surface area contributed by atoms with Crippen LogP contribution in [-0.4, -0.2) is 17.7 Å². The Morgan fingerprint density at radius 2 is 2.46 bits per heavy atom. The van der Waals surface area contributed by atoms with Gasteiger partial charge in [-0.15, -0.1) is 11.3 Å². The van der Waals surface area contributed by atoms with Crippen LogP contribution in [0.1, 0.15) is 33.5 Å². The van der Waals surface area contributed by atoms with Crippen molar-refractivity contribution in [1.82, 2.24) is 0 Å². The van der Waals surface area contributed by atoms with Crippen LogP contribution < -0.4 is 0 Å². The van der Waals surface area contributed by atoms with Gasteiger partial charge in [0.15, 0.2) is 0 Å². The number of hydrogen-bond donors (Lipinski definition) is 1. The lowest BCUT2D eigenvalue weighted by atomic mass is 10.2. The molecule has 2 heterocycles. The Balaban J connectivity index is 2.16. The molecule has 0 spiro atoms. The number of carboxylic acids is 1. The van der Waals surface area contributed by atoms with Crippen LogP contribution in [0.4, 0.5) is 0 Å². The molecule has 0 saturated carbocycles. The molecule has 4 heteroatoms. The summed E-state index contributed by atoms with van der Waals surface area (Å²) in [6.07, 6.45) is 2.22. The van der Waals surface area contributed by atoms with Crippen molar-refractivity contribution in [2.75, 3.05) is 6.61 Å². The fourth-order valence-corrected chi connectivity index (χ4v) is 2.37. The van der Waals surface area contributed by atoms with E-state index in [9.17, 15) is 4.79 Å². The van der Waals surface area contributed by atoms with Crippen molar-refractivity contribution in [3.8, 4) is 0 Å². The van der Waals surface area contributed by atoms with E-state index < -0.39 is 5.97 Å². The maximum Gasteiger partial charge on any atom is 0.345 e. The highest BCUT2D eigenvalue weighted by atomic mass is 32.1. The van der Waals surface area contributed by atoms with Gasteiger partial charge in [-0.2, -0.15) is 0 Å². The van der Waals surface area contributed by atoms with E-state index in [1.54, 1.807) is 6.07 Å². The van der Waals surface area contributed by atoms with Crippen LogP contribution in [0.25, 0.3) is 0 Å². The zero-order valence-electron chi connectivity index (χ0n) is 7.03. The van der Waals surface area contributed by atoms with Crippen LogP contribution in [-0.2, 0) is 4.74 Å². The zero-order chi connectivity index (χ0) is 9.26. The molecule has 2 rings (SSSR count). The number of hydrogen-bond acceptors (Lipinski definition) is 3. The van der Waals surface area contributed by atoms with Crippen molar-refractivity contribution in [3.05, 3.63) is 21.9 Å². The van der Waals surface area contributed by atoms with Crippen molar-refractivity contribution in [3.63, 3.8) is 0 Å². The van der Waals surface area contributed by atoms with Gasteiger partial charge in [0.05, 0.1) is 6.10 Å². The van der Waals surface area contributed by atoms with E-state index in [1.165, 1.54) is 11.3 Å². The second kappa shape index (κ2) is 3.47. The molecule has 1 aliphatic rings. The van der Waals surface area contributed by atoms with Crippen molar-refractivity contribution in [2.24, 2.45) is 0 Å². The standard InChI is InChI=1S/C9H10O3S/c10-9(11)8-4-3-7(13-8)6-2-1-5-12-6/h3-4,6H,1-2,5H2,(H,10,11)/t6-/m0/s1. The molecule has 1 fully saturated rings. The fraction of sp³-hybridized carbons (Fsp3) is 0.444. The van der Waals surface area contributed by atoms with Crippen LogP contribution >= 0.6 is 11.3 Å². The largest absolute Gasteiger partial charge is 0.477 e. The first-order valence-electron chi connectivity index (χ1n) is 4.22. The fourth-order valence-electron chi connectivity index (χ4n) is 1.44. The molecule has 1 N–H and O–H groups in total. The Morgan fingerprint density at radius 1 is 1.62 bits per heavy atom. The van der Waals surface area contributed by atoms with E-state index in [1.807, 2.05) is 6.07 Å². The predicted molar refractivity (Wildman–Crippen MR) is 49.2 cm³/mol. The van der Waals surface area contributed by atoms with Gasteiger partial charge in [0, 0.05) is 11.5 Å². The molecule has 0 amide bonds. The van der Waals surface area contributed by atoms with Crippen molar-refractivity contribution < 1.29 is 14.6 Å². The highest BCUT2D eigenvalue weighted by Crippen LogP contribution is 2.33. The van der Waals surface area contributed by atoms with E-state index >= 15 is 0 Å². The molecular formula is C9H10O3S. The summed E-state index contributed by atoms with van der Waals surface area (Å²) in [4.78, 5) is 12.0. The summed E-state index contributed by atoms with van der Waals surface area (Å²) in [7, 11) is 0. The molecule has 0 aliphatic carbocycles. The smallest absolute Gasteiger partial charge is 0.345 e. The molecular weight excluding hydrogens is 188 g/mol. The van der Waals surface area contributed by atoms with Crippen molar-refractivity contribution in [1.29, 1.82) is 0 Å². The Labute approximate surface area is 80.0 Å².